The van der Waals surface area contributed by atoms with Crippen molar-refractivity contribution in [3.8, 4) is 0 Å². The van der Waals surface area contributed by atoms with Gasteiger partial charge in [0.15, 0.2) is 0 Å². The van der Waals surface area contributed by atoms with Crippen LogP contribution in [0.4, 0.5) is 10.1 Å². The van der Waals surface area contributed by atoms with Gasteiger partial charge in [0.1, 0.15) is 5.82 Å². The lowest BCUT2D eigenvalue weighted by atomic mass is 9.74. The Morgan fingerprint density at radius 3 is 2.72 bits per heavy atom. The van der Waals surface area contributed by atoms with Crippen LogP contribution >= 0.6 is 11.6 Å². The summed E-state index contributed by atoms with van der Waals surface area (Å²) in [5, 5.41) is 12.3. The van der Waals surface area contributed by atoms with E-state index in [0.29, 0.717) is 27.4 Å². The SMILES string of the molecule is CN1CCC(C2Nc3cc(F)cc4c(=O)[nH]nc(c34)C2c2ccccc2Cl)CC1. The highest BCUT2D eigenvalue weighted by Crippen LogP contribution is 2.45. The maximum atomic E-state index is 14.3. The summed E-state index contributed by atoms with van der Waals surface area (Å²) in [4.78, 5) is 14.7. The minimum absolute atomic E-state index is 0.0134. The first kappa shape index (κ1) is 18.6. The van der Waals surface area contributed by atoms with Crippen LogP contribution < -0.4 is 10.9 Å². The molecule has 0 aliphatic carbocycles. The Kier molecular flexibility index (Phi) is 4.56. The monoisotopic (exact) mass is 412 g/mol. The molecule has 3 aromatic rings. The van der Waals surface area contributed by atoms with Gasteiger partial charge in [-0.15, -0.1) is 0 Å². The van der Waals surface area contributed by atoms with Crippen molar-refractivity contribution >= 4 is 28.1 Å². The van der Waals surface area contributed by atoms with Crippen LogP contribution in [0.3, 0.4) is 0 Å². The summed E-state index contributed by atoms with van der Waals surface area (Å²) >= 11 is 6.61. The molecule has 2 aliphatic heterocycles. The van der Waals surface area contributed by atoms with E-state index in [1.165, 1.54) is 12.1 Å². The lowest BCUT2D eigenvalue weighted by Crippen LogP contribution is -2.44. The fourth-order valence-electron chi connectivity index (χ4n) is 4.91. The van der Waals surface area contributed by atoms with Gasteiger partial charge in [0.2, 0.25) is 0 Å². The number of nitrogens with zero attached hydrogens (tertiary/aromatic N) is 2. The summed E-state index contributed by atoms with van der Waals surface area (Å²) < 4.78 is 14.3. The van der Waals surface area contributed by atoms with E-state index >= 15 is 0 Å². The highest BCUT2D eigenvalue weighted by atomic mass is 35.5. The molecule has 0 saturated carbocycles. The number of hydrogen-bond acceptors (Lipinski definition) is 4. The van der Waals surface area contributed by atoms with Crippen LogP contribution in [0.2, 0.25) is 5.02 Å². The number of likely N-dealkylation sites (tertiary alicyclic amines) is 1. The first-order chi connectivity index (χ1) is 14.0. The predicted molar refractivity (Wildman–Crippen MR) is 113 cm³/mol. The number of rotatable bonds is 2. The maximum Gasteiger partial charge on any atom is 0.272 e. The van der Waals surface area contributed by atoms with Crippen molar-refractivity contribution in [3.63, 3.8) is 0 Å². The zero-order valence-electron chi connectivity index (χ0n) is 16.1. The second-order valence-electron chi connectivity index (χ2n) is 8.12. The zero-order chi connectivity index (χ0) is 20.1. The third-order valence-corrected chi connectivity index (χ3v) is 6.71. The van der Waals surface area contributed by atoms with Crippen molar-refractivity contribution in [1.82, 2.24) is 15.1 Å². The smallest absolute Gasteiger partial charge is 0.272 e. The van der Waals surface area contributed by atoms with E-state index in [0.717, 1.165) is 37.2 Å². The van der Waals surface area contributed by atoms with Crippen LogP contribution in [-0.2, 0) is 0 Å². The minimum atomic E-state index is -0.430. The third-order valence-electron chi connectivity index (χ3n) is 6.37. The summed E-state index contributed by atoms with van der Waals surface area (Å²) in [6.07, 6.45) is 2.07. The van der Waals surface area contributed by atoms with E-state index in [4.69, 9.17) is 11.6 Å². The van der Waals surface area contributed by atoms with E-state index in [2.05, 4.69) is 27.5 Å². The van der Waals surface area contributed by atoms with E-state index in [-0.39, 0.29) is 17.5 Å². The highest BCUT2D eigenvalue weighted by Gasteiger charge is 2.40. The number of halogens is 2. The molecule has 1 fully saturated rings. The molecule has 0 radical (unpaired) electrons. The van der Waals surface area contributed by atoms with Crippen molar-refractivity contribution in [2.24, 2.45) is 5.92 Å². The van der Waals surface area contributed by atoms with Crippen molar-refractivity contribution in [3.05, 3.63) is 68.8 Å². The van der Waals surface area contributed by atoms with Gasteiger partial charge in [-0.3, -0.25) is 4.79 Å². The van der Waals surface area contributed by atoms with Crippen LogP contribution in [0.25, 0.3) is 10.8 Å². The normalized spacial score (nSPS) is 22.6. The second kappa shape index (κ2) is 7.11. The minimum Gasteiger partial charge on any atom is -0.380 e. The molecule has 5 rings (SSSR count). The molecular weight excluding hydrogens is 391 g/mol. The predicted octanol–water partition coefficient (Wildman–Crippen LogP) is 3.98. The number of aromatic nitrogens is 2. The van der Waals surface area contributed by atoms with Gasteiger partial charge in [-0.1, -0.05) is 29.8 Å². The first-order valence-electron chi connectivity index (χ1n) is 9.94. The second-order valence-corrected chi connectivity index (χ2v) is 8.53. The van der Waals surface area contributed by atoms with Crippen LogP contribution in [0.1, 0.15) is 30.0 Å². The molecule has 2 unspecified atom stereocenters. The molecule has 2 aliphatic rings. The van der Waals surface area contributed by atoms with E-state index < -0.39 is 5.82 Å². The molecule has 0 amide bonds. The Labute approximate surface area is 172 Å². The molecular formula is C22H22ClFN4O. The number of piperidine rings is 1. The van der Waals surface area contributed by atoms with Crippen LogP contribution in [0, 0.1) is 11.7 Å². The van der Waals surface area contributed by atoms with Crippen molar-refractivity contribution in [1.29, 1.82) is 0 Å². The molecule has 2 atom stereocenters. The average Bonchev–Trinajstić information content (AvgIpc) is 2.71. The average molecular weight is 413 g/mol. The zero-order valence-corrected chi connectivity index (χ0v) is 16.8. The Morgan fingerprint density at radius 2 is 1.97 bits per heavy atom. The van der Waals surface area contributed by atoms with Gasteiger partial charge < -0.3 is 10.2 Å². The summed E-state index contributed by atoms with van der Waals surface area (Å²) in [6, 6.07) is 10.5. The topological polar surface area (TPSA) is 61.0 Å². The molecule has 3 heterocycles. The summed E-state index contributed by atoms with van der Waals surface area (Å²) in [5.41, 5.74) is 1.98. The molecule has 0 spiro atoms. The van der Waals surface area contributed by atoms with Crippen molar-refractivity contribution in [2.75, 3.05) is 25.5 Å². The number of nitrogens with one attached hydrogen (secondary N) is 2. The van der Waals surface area contributed by atoms with Gasteiger partial charge >= 0.3 is 0 Å². The number of H-pyrrole nitrogens is 1. The molecule has 7 heteroatoms. The summed E-state index contributed by atoms with van der Waals surface area (Å²) in [7, 11) is 2.13. The van der Waals surface area contributed by atoms with Gasteiger partial charge in [0.05, 0.1) is 17.0 Å². The maximum absolute atomic E-state index is 14.3. The van der Waals surface area contributed by atoms with Crippen LogP contribution in [-0.4, -0.2) is 41.3 Å². The fourth-order valence-corrected chi connectivity index (χ4v) is 5.16. The Bertz CT molecular complexity index is 1140. The largest absolute Gasteiger partial charge is 0.380 e. The molecule has 2 aromatic carbocycles. The van der Waals surface area contributed by atoms with Crippen LogP contribution in [0.15, 0.2) is 41.2 Å². The molecule has 1 saturated heterocycles. The Balaban J connectivity index is 1.73. The van der Waals surface area contributed by atoms with Crippen molar-refractivity contribution < 1.29 is 4.39 Å². The number of anilines is 1. The van der Waals surface area contributed by atoms with Crippen molar-refractivity contribution in [2.45, 2.75) is 24.8 Å². The molecule has 0 bridgehead atoms. The Hall–Kier alpha value is -2.44. The molecule has 29 heavy (non-hydrogen) atoms. The number of aromatic amines is 1. The van der Waals surface area contributed by atoms with E-state index in [1.807, 2.05) is 24.3 Å². The van der Waals surface area contributed by atoms with Gasteiger partial charge in [-0.25, -0.2) is 9.49 Å². The van der Waals surface area contributed by atoms with Crippen LogP contribution in [0.5, 0.6) is 0 Å². The fraction of sp³-hybridized carbons (Fsp3) is 0.364. The quantitative estimate of drug-likeness (QED) is 0.668. The summed E-state index contributed by atoms with van der Waals surface area (Å²) in [6.45, 7) is 2.03. The lowest BCUT2D eigenvalue weighted by molar-refractivity contribution is 0.197. The van der Waals surface area contributed by atoms with Gasteiger partial charge in [0.25, 0.3) is 5.56 Å². The van der Waals surface area contributed by atoms with Gasteiger partial charge in [0, 0.05) is 22.1 Å². The standard InChI is InChI=1S/C22H22ClFN4O/c1-28-8-6-12(7-9-28)20-19(14-4-2-3-5-16(14)23)21-18-15(22(29)27-26-21)10-13(24)11-17(18)25-20/h2-5,10-12,19-20,25H,6-9H2,1H3,(H,27,29). The Morgan fingerprint density at radius 1 is 1.21 bits per heavy atom. The first-order valence-corrected chi connectivity index (χ1v) is 10.3. The van der Waals surface area contributed by atoms with E-state index in [9.17, 15) is 9.18 Å². The highest BCUT2D eigenvalue weighted by molar-refractivity contribution is 6.31. The van der Waals surface area contributed by atoms with Gasteiger partial charge in [-0.2, -0.15) is 5.10 Å². The third kappa shape index (κ3) is 3.11. The molecule has 2 N–H and O–H groups in total. The van der Waals surface area contributed by atoms with Gasteiger partial charge in [-0.05, 0) is 62.7 Å². The van der Waals surface area contributed by atoms with E-state index in [1.54, 1.807) is 0 Å². The number of hydrogen-bond donors (Lipinski definition) is 2. The molecule has 1 aromatic heterocycles. The molecule has 150 valence electrons. The number of benzene rings is 2. The summed E-state index contributed by atoms with van der Waals surface area (Å²) in [5.74, 6) is -0.178. The lowest BCUT2D eigenvalue weighted by Gasteiger charge is -2.42. The molecule has 5 nitrogen and oxygen atoms in total.